The van der Waals surface area contributed by atoms with Crippen molar-refractivity contribution < 1.29 is 4.79 Å². The third kappa shape index (κ3) is 4.24. The van der Waals surface area contributed by atoms with Crippen molar-refractivity contribution in [1.82, 2.24) is 19.9 Å². The molecule has 2 aliphatic rings. The Labute approximate surface area is 166 Å². The van der Waals surface area contributed by atoms with E-state index in [0.717, 1.165) is 63.6 Å². The summed E-state index contributed by atoms with van der Waals surface area (Å²) in [5, 5.41) is 0. The van der Waals surface area contributed by atoms with Gasteiger partial charge in [0.15, 0.2) is 0 Å². The lowest BCUT2D eigenvalue weighted by atomic mass is 10.2. The van der Waals surface area contributed by atoms with Crippen LogP contribution >= 0.6 is 0 Å². The van der Waals surface area contributed by atoms with E-state index in [1.165, 1.54) is 12.8 Å². The first-order valence-electron chi connectivity index (χ1n) is 10.3. The summed E-state index contributed by atoms with van der Waals surface area (Å²) < 4.78 is 0. The van der Waals surface area contributed by atoms with Crippen LogP contribution in [0, 0.1) is 6.92 Å². The van der Waals surface area contributed by atoms with Gasteiger partial charge in [-0.25, -0.2) is 15.0 Å². The predicted octanol–water partition coefficient (Wildman–Crippen LogP) is 2.52. The lowest BCUT2D eigenvalue weighted by Crippen LogP contribution is -2.47. The van der Waals surface area contributed by atoms with Gasteiger partial charge < -0.3 is 14.7 Å². The average molecular weight is 380 g/mol. The monoisotopic (exact) mass is 380 g/mol. The Morgan fingerprint density at radius 2 is 1.61 bits per heavy atom. The molecule has 0 aliphatic carbocycles. The fourth-order valence-electron chi connectivity index (χ4n) is 3.92. The van der Waals surface area contributed by atoms with Crippen LogP contribution in [0.2, 0.25) is 0 Å². The average Bonchev–Trinajstić information content (AvgIpc) is 3.03. The van der Waals surface area contributed by atoms with E-state index in [4.69, 9.17) is 0 Å². The first-order valence-corrected chi connectivity index (χ1v) is 10.3. The molecular weight excluding hydrogens is 352 g/mol. The Morgan fingerprint density at radius 1 is 0.893 bits per heavy atom. The van der Waals surface area contributed by atoms with Crippen molar-refractivity contribution in [2.45, 2.75) is 32.6 Å². The van der Waals surface area contributed by atoms with Crippen molar-refractivity contribution in [1.29, 1.82) is 0 Å². The van der Waals surface area contributed by atoms with E-state index >= 15 is 0 Å². The maximum Gasteiger partial charge on any atom is 0.272 e. The Kier molecular flexibility index (Phi) is 5.69. The Hall–Kier alpha value is -2.70. The molecule has 2 aromatic heterocycles. The second kappa shape index (κ2) is 8.54. The number of hydrogen-bond acceptors (Lipinski definition) is 6. The van der Waals surface area contributed by atoms with Crippen LogP contribution in [0.3, 0.4) is 0 Å². The molecule has 7 heteroatoms. The summed E-state index contributed by atoms with van der Waals surface area (Å²) in [5.74, 6) is 1.71. The SMILES string of the molecule is Cc1cc(C(=O)N2CCCCCC2)nc(N2CCN(c3ccccn3)CC2)n1. The topological polar surface area (TPSA) is 65.5 Å². The van der Waals surface area contributed by atoms with Crippen LogP contribution in [-0.2, 0) is 0 Å². The van der Waals surface area contributed by atoms with E-state index < -0.39 is 0 Å². The van der Waals surface area contributed by atoms with E-state index in [-0.39, 0.29) is 5.91 Å². The quantitative estimate of drug-likeness (QED) is 0.815. The summed E-state index contributed by atoms with van der Waals surface area (Å²) in [6.45, 7) is 6.97. The number of carbonyl (C=O) groups is 1. The molecule has 0 spiro atoms. The first-order chi connectivity index (χ1) is 13.7. The second-order valence-corrected chi connectivity index (χ2v) is 7.56. The molecule has 2 saturated heterocycles. The van der Waals surface area contributed by atoms with Crippen LogP contribution in [-0.4, -0.2) is 65.0 Å². The number of amides is 1. The molecule has 148 valence electrons. The van der Waals surface area contributed by atoms with E-state index in [1.54, 1.807) is 0 Å². The third-order valence-electron chi connectivity index (χ3n) is 5.49. The largest absolute Gasteiger partial charge is 0.353 e. The fraction of sp³-hybridized carbons (Fsp3) is 0.524. The molecule has 2 fully saturated rings. The first kappa shape index (κ1) is 18.7. The zero-order valence-electron chi connectivity index (χ0n) is 16.5. The van der Waals surface area contributed by atoms with Gasteiger partial charge in [0.1, 0.15) is 11.5 Å². The number of anilines is 2. The van der Waals surface area contributed by atoms with Gasteiger partial charge in [-0.05, 0) is 38.0 Å². The lowest BCUT2D eigenvalue weighted by Gasteiger charge is -2.35. The molecule has 2 aromatic rings. The van der Waals surface area contributed by atoms with Gasteiger partial charge in [0, 0.05) is 51.2 Å². The van der Waals surface area contributed by atoms with Crippen molar-refractivity contribution in [3.05, 3.63) is 41.9 Å². The summed E-state index contributed by atoms with van der Waals surface area (Å²) in [6, 6.07) is 7.81. The second-order valence-electron chi connectivity index (χ2n) is 7.56. The summed E-state index contributed by atoms with van der Waals surface area (Å²) in [7, 11) is 0. The molecule has 0 aromatic carbocycles. The van der Waals surface area contributed by atoms with E-state index in [9.17, 15) is 4.79 Å². The molecule has 28 heavy (non-hydrogen) atoms. The Morgan fingerprint density at radius 3 is 2.29 bits per heavy atom. The highest BCUT2D eigenvalue weighted by Crippen LogP contribution is 2.18. The minimum atomic E-state index is 0.0424. The van der Waals surface area contributed by atoms with Gasteiger partial charge in [0.05, 0.1) is 0 Å². The van der Waals surface area contributed by atoms with Crippen LogP contribution in [0.25, 0.3) is 0 Å². The number of aryl methyl sites for hydroxylation is 1. The van der Waals surface area contributed by atoms with Crippen LogP contribution < -0.4 is 9.80 Å². The van der Waals surface area contributed by atoms with Gasteiger partial charge in [0.25, 0.3) is 5.91 Å². The highest BCUT2D eigenvalue weighted by Gasteiger charge is 2.23. The number of nitrogens with zero attached hydrogens (tertiary/aromatic N) is 6. The molecule has 4 rings (SSSR count). The molecule has 2 aliphatic heterocycles. The zero-order chi connectivity index (χ0) is 19.3. The molecule has 0 unspecified atom stereocenters. The predicted molar refractivity (Wildman–Crippen MR) is 110 cm³/mol. The Balaban J connectivity index is 1.46. The number of pyridine rings is 1. The molecule has 0 saturated carbocycles. The number of rotatable bonds is 3. The molecule has 1 amide bonds. The maximum atomic E-state index is 13.0. The lowest BCUT2D eigenvalue weighted by molar-refractivity contribution is 0.0755. The van der Waals surface area contributed by atoms with Crippen molar-refractivity contribution >= 4 is 17.7 Å². The normalized spacial score (nSPS) is 18.1. The summed E-state index contributed by atoms with van der Waals surface area (Å²) in [5.41, 5.74) is 1.37. The van der Waals surface area contributed by atoms with Crippen molar-refractivity contribution in [3.8, 4) is 0 Å². The summed E-state index contributed by atoms with van der Waals surface area (Å²) in [4.78, 5) is 33.1. The van der Waals surface area contributed by atoms with Gasteiger partial charge in [-0.1, -0.05) is 18.9 Å². The maximum absolute atomic E-state index is 13.0. The number of aromatic nitrogens is 3. The van der Waals surface area contributed by atoms with Gasteiger partial charge in [0.2, 0.25) is 5.95 Å². The van der Waals surface area contributed by atoms with Crippen molar-refractivity contribution in [3.63, 3.8) is 0 Å². The standard InChI is InChI=1S/C21H28N6O/c1-17-16-18(20(28)26-10-6-2-3-7-11-26)24-21(23-17)27-14-12-25(13-15-27)19-8-4-5-9-22-19/h4-5,8-9,16H,2-3,6-7,10-15H2,1H3. The number of hydrogen-bond donors (Lipinski definition) is 0. The van der Waals surface area contributed by atoms with Gasteiger partial charge in [-0.3, -0.25) is 4.79 Å². The van der Waals surface area contributed by atoms with Gasteiger partial charge in [-0.15, -0.1) is 0 Å². The van der Waals surface area contributed by atoms with Crippen molar-refractivity contribution in [2.75, 3.05) is 49.1 Å². The number of piperazine rings is 1. The van der Waals surface area contributed by atoms with E-state index in [1.807, 2.05) is 42.3 Å². The molecule has 0 atom stereocenters. The minimum Gasteiger partial charge on any atom is -0.353 e. The molecule has 7 nitrogen and oxygen atoms in total. The molecule has 0 radical (unpaired) electrons. The molecule has 0 bridgehead atoms. The van der Waals surface area contributed by atoms with Crippen LogP contribution in [0.4, 0.5) is 11.8 Å². The molecular formula is C21H28N6O. The molecule has 0 N–H and O–H groups in total. The van der Waals surface area contributed by atoms with E-state index in [2.05, 4.69) is 24.8 Å². The highest BCUT2D eigenvalue weighted by atomic mass is 16.2. The number of carbonyl (C=O) groups excluding carboxylic acids is 1. The number of likely N-dealkylation sites (tertiary alicyclic amines) is 1. The van der Waals surface area contributed by atoms with Crippen LogP contribution in [0.15, 0.2) is 30.5 Å². The van der Waals surface area contributed by atoms with Crippen LogP contribution in [0.1, 0.15) is 41.9 Å². The third-order valence-corrected chi connectivity index (χ3v) is 5.49. The minimum absolute atomic E-state index is 0.0424. The van der Waals surface area contributed by atoms with Crippen molar-refractivity contribution in [2.24, 2.45) is 0 Å². The highest BCUT2D eigenvalue weighted by molar-refractivity contribution is 5.92. The smallest absolute Gasteiger partial charge is 0.272 e. The van der Waals surface area contributed by atoms with Gasteiger partial charge in [-0.2, -0.15) is 0 Å². The fourth-order valence-corrected chi connectivity index (χ4v) is 3.92. The zero-order valence-corrected chi connectivity index (χ0v) is 16.5. The summed E-state index contributed by atoms with van der Waals surface area (Å²) >= 11 is 0. The van der Waals surface area contributed by atoms with Gasteiger partial charge >= 0.3 is 0 Å². The van der Waals surface area contributed by atoms with E-state index in [0.29, 0.717) is 11.6 Å². The molecule has 4 heterocycles. The summed E-state index contributed by atoms with van der Waals surface area (Å²) in [6.07, 6.45) is 6.40. The van der Waals surface area contributed by atoms with Crippen LogP contribution in [0.5, 0.6) is 0 Å². The Bertz CT molecular complexity index is 796.